The van der Waals surface area contributed by atoms with Gasteiger partial charge in [0.2, 0.25) is 0 Å². The van der Waals surface area contributed by atoms with Crippen molar-refractivity contribution in [1.29, 1.82) is 0 Å². The second kappa shape index (κ2) is 5.00. The van der Waals surface area contributed by atoms with Crippen LogP contribution in [0.4, 0.5) is 0 Å². The summed E-state index contributed by atoms with van der Waals surface area (Å²) in [6.07, 6.45) is 3.36. The van der Waals surface area contributed by atoms with Crippen LogP contribution < -0.4 is 0 Å². The van der Waals surface area contributed by atoms with Crippen LogP contribution in [-0.2, 0) is 11.2 Å². The predicted molar refractivity (Wildman–Crippen MR) is 66.3 cm³/mol. The molecular formula is C13H14N2O3. The monoisotopic (exact) mass is 246 g/mol. The quantitative estimate of drug-likeness (QED) is 0.612. The molecule has 2 heterocycles. The lowest BCUT2D eigenvalue weighted by Gasteiger charge is -2.08. The summed E-state index contributed by atoms with van der Waals surface area (Å²) in [4.78, 5) is 15.9. The van der Waals surface area contributed by atoms with Crippen LogP contribution in [0.2, 0.25) is 0 Å². The second-order valence-electron chi connectivity index (χ2n) is 3.91. The van der Waals surface area contributed by atoms with Gasteiger partial charge in [0.1, 0.15) is 6.10 Å². The molecule has 0 aromatic carbocycles. The summed E-state index contributed by atoms with van der Waals surface area (Å²) in [5, 5.41) is 4.63. The topological polar surface area (TPSA) is 65.2 Å². The molecule has 1 atom stereocenters. The number of hydrogen-bond acceptors (Lipinski definition) is 5. The van der Waals surface area contributed by atoms with Gasteiger partial charge in [-0.25, -0.2) is 9.78 Å². The molecule has 18 heavy (non-hydrogen) atoms. The van der Waals surface area contributed by atoms with Crippen LogP contribution >= 0.6 is 0 Å². The lowest BCUT2D eigenvalue weighted by atomic mass is 10.2. The summed E-state index contributed by atoms with van der Waals surface area (Å²) in [6, 6.07) is 1.69. The number of pyridine rings is 1. The van der Waals surface area contributed by atoms with E-state index in [-0.39, 0.29) is 6.10 Å². The minimum absolute atomic E-state index is 0.332. The van der Waals surface area contributed by atoms with Gasteiger partial charge in [0.15, 0.2) is 0 Å². The van der Waals surface area contributed by atoms with Crippen molar-refractivity contribution in [3.63, 3.8) is 0 Å². The molecule has 0 saturated heterocycles. The average Bonchev–Trinajstić information content (AvgIpc) is 2.80. The van der Waals surface area contributed by atoms with Crippen LogP contribution in [0, 0.1) is 0 Å². The molecule has 0 aliphatic rings. The smallest absolute Gasteiger partial charge is 0.340 e. The largest absolute Gasteiger partial charge is 0.455 e. The summed E-state index contributed by atoms with van der Waals surface area (Å²) in [6.45, 7) is 7.26. The summed E-state index contributed by atoms with van der Waals surface area (Å²) < 4.78 is 10.2. The number of carbonyl (C=O) groups is 1. The van der Waals surface area contributed by atoms with E-state index in [2.05, 4.69) is 16.7 Å². The lowest BCUT2D eigenvalue weighted by Crippen LogP contribution is -2.12. The highest BCUT2D eigenvalue weighted by Crippen LogP contribution is 2.18. The Kier molecular flexibility index (Phi) is 3.41. The van der Waals surface area contributed by atoms with Gasteiger partial charge in [0.05, 0.1) is 16.6 Å². The van der Waals surface area contributed by atoms with Crippen LogP contribution in [0.5, 0.6) is 0 Å². The summed E-state index contributed by atoms with van der Waals surface area (Å²) in [7, 11) is 0. The number of nitrogens with zero attached hydrogens (tertiary/aromatic N) is 2. The number of rotatable bonds is 4. The lowest BCUT2D eigenvalue weighted by molar-refractivity contribution is 0.0425. The van der Waals surface area contributed by atoms with Gasteiger partial charge in [0, 0.05) is 6.20 Å². The molecule has 0 saturated carbocycles. The number of aryl methyl sites for hydroxylation is 1. The van der Waals surface area contributed by atoms with E-state index in [1.807, 2.05) is 6.92 Å². The van der Waals surface area contributed by atoms with Crippen molar-refractivity contribution in [2.24, 2.45) is 0 Å². The summed E-state index contributed by atoms with van der Waals surface area (Å²) in [5.41, 5.74) is 1.60. The third-order valence-corrected chi connectivity index (χ3v) is 2.60. The van der Waals surface area contributed by atoms with E-state index in [0.29, 0.717) is 11.3 Å². The van der Waals surface area contributed by atoms with Crippen molar-refractivity contribution in [3.05, 3.63) is 36.2 Å². The van der Waals surface area contributed by atoms with E-state index in [1.165, 1.54) is 6.20 Å². The molecule has 0 unspecified atom stereocenters. The standard InChI is InChI=1S/C13H14N2O3/c1-4-8(3)17-13(16)9-6-10-11(5-2)15-18-12(10)14-7-9/h4,6-8H,1,5H2,2-3H3/t8-/m1/s1. The van der Waals surface area contributed by atoms with E-state index in [4.69, 9.17) is 9.26 Å². The van der Waals surface area contributed by atoms with Gasteiger partial charge in [-0.3, -0.25) is 0 Å². The first kappa shape index (κ1) is 12.3. The molecule has 0 spiro atoms. The maximum atomic E-state index is 11.8. The zero-order chi connectivity index (χ0) is 13.1. The summed E-state index contributed by atoms with van der Waals surface area (Å²) in [5.74, 6) is -0.431. The SMILES string of the molecule is C=C[C@@H](C)OC(=O)c1cnc2onc(CC)c2c1. The van der Waals surface area contributed by atoms with Crippen LogP contribution in [0.25, 0.3) is 11.1 Å². The molecule has 0 fully saturated rings. The molecule has 0 radical (unpaired) electrons. The van der Waals surface area contributed by atoms with Crippen molar-refractivity contribution < 1.29 is 14.1 Å². The average molecular weight is 246 g/mol. The Bertz CT molecular complexity index is 589. The normalized spacial score (nSPS) is 12.3. The maximum absolute atomic E-state index is 11.8. The Morgan fingerprint density at radius 1 is 1.67 bits per heavy atom. The first-order valence-electron chi connectivity index (χ1n) is 5.73. The number of ether oxygens (including phenoxy) is 1. The number of carbonyl (C=O) groups excluding carboxylic acids is 1. The van der Waals surface area contributed by atoms with E-state index in [1.54, 1.807) is 19.1 Å². The molecule has 0 N–H and O–H groups in total. The van der Waals surface area contributed by atoms with Crippen molar-refractivity contribution in [2.75, 3.05) is 0 Å². The Morgan fingerprint density at radius 3 is 3.11 bits per heavy atom. The van der Waals surface area contributed by atoms with Crippen molar-refractivity contribution in [3.8, 4) is 0 Å². The Hall–Kier alpha value is -2.17. The zero-order valence-corrected chi connectivity index (χ0v) is 10.3. The van der Waals surface area contributed by atoms with Gasteiger partial charge in [-0.05, 0) is 19.4 Å². The fourth-order valence-corrected chi connectivity index (χ4v) is 1.53. The van der Waals surface area contributed by atoms with Gasteiger partial charge in [-0.2, -0.15) is 0 Å². The van der Waals surface area contributed by atoms with Crippen molar-refractivity contribution >= 4 is 17.1 Å². The van der Waals surface area contributed by atoms with Crippen molar-refractivity contribution in [1.82, 2.24) is 10.1 Å². The third-order valence-electron chi connectivity index (χ3n) is 2.60. The van der Waals surface area contributed by atoms with Crippen LogP contribution in [-0.4, -0.2) is 22.2 Å². The van der Waals surface area contributed by atoms with Gasteiger partial charge >= 0.3 is 5.97 Å². The third kappa shape index (κ3) is 2.25. The van der Waals surface area contributed by atoms with Crippen LogP contribution in [0.1, 0.15) is 29.9 Å². The highest BCUT2D eigenvalue weighted by atomic mass is 16.5. The van der Waals surface area contributed by atoms with Crippen molar-refractivity contribution in [2.45, 2.75) is 26.4 Å². The molecule has 0 aliphatic heterocycles. The minimum atomic E-state index is -0.431. The van der Waals surface area contributed by atoms with Gasteiger partial charge in [0.25, 0.3) is 5.71 Å². The molecule has 2 aromatic heterocycles. The highest BCUT2D eigenvalue weighted by Gasteiger charge is 2.14. The molecule has 94 valence electrons. The van der Waals surface area contributed by atoms with Gasteiger partial charge < -0.3 is 9.26 Å². The Balaban J connectivity index is 2.33. The van der Waals surface area contributed by atoms with Gasteiger partial charge in [-0.1, -0.05) is 24.7 Å². The molecule has 2 rings (SSSR count). The van der Waals surface area contributed by atoms with Crippen LogP contribution in [0.3, 0.4) is 0 Å². The summed E-state index contributed by atoms with van der Waals surface area (Å²) >= 11 is 0. The first-order chi connectivity index (χ1) is 8.65. The molecule has 5 nitrogen and oxygen atoms in total. The Labute approximate surface area is 104 Å². The fraction of sp³-hybridized carbons (Fsp3) is 0.308. The molecule has 0 aliphatic carbocycles. The molecule has 0 bridgehead atoms. The maximum Gasteiger partial charge on any atom is 0.340 e. The number of fused-ring (bicyclic) bond motifs is 1. The highest BCUT2D eigenvalue weighted by molar-refractivity contribution is 5.93. The Morgan fingerprint density at radius 2 is 2.44 bits per heavy atom. The van der Waals surface area contributed by atoms with Gasteiger partial charge in [-0.15, -0.1) is 0 Å². The minimum Gasteiger partial charge on any atom is -0.455 e. The number of esters is 1. The number of hydrogen-bond donors (Lipinski definition) is 0. The van der Waals surface area contributed by atoms with E-state index in [0.717, 1.165) is 17.5 Å². The first-order valence-corrected chi connectivity index (χ1v) is 5.73. The second-order valence-corrected chi connectivity index (χ2v) is 3.91. The van der Waals surface area contributed by atoms with E-state index < -0.39 is 5.97 Å². The molecular weight excluding hydrogens is 232 g/mol. The fourth-order valence-electron chi connectivity index (χ4n) is 1.53. The molecule has 0 amide bonds. The van der Waals surface area contributed by atoms with E-state index in [9.17, 15) is 4.79 Å². The predicted octanol–water partition coefficient (Wildman–Crippen LogP) is 2.52. The number of aromatic nitrogens is 2. The van der Waals surface area contributed by atoms with Crippen LogP contribution in [0.15, 0.2) is 29.4 Å². The zero-order valence-electron chi connectivity index (χ0n) is 10.3. The molecule has 5 heteroatoms. The van der Waals surface area contributed by atoms with E-state index >= 15 is 0 Å². The molecule has 2 aromatic rings.